The molecule has 1 saturated carbocycles. The van der Waals surface area contributed by atoms with Gasteiger partial charge in [0.2, 0.25) is 0 Å². The average molecular weight is 448 g/mol. The van der Waals surface area contributed by atoms with Crippen molar-refractivity contribution >= 4 is 11.9 Å². The molecule has 4 rings (SSSR count). The minimum Gasteiger partial charge on any atom is -0.469 e. The van der Waals surface area contributed by atoms with Crippen LogP contribution in [0, 0.1) is 17.6 Å². The minimum atomic E-state index is -0.874. The van der Waals surface area contributed by atoms with E-state index in [4.69, 9.17) is 9.26 Å². The van der Waals surface area contributed by atoms with Gasteiger partial charge >= 0.3 is 5.97 Å². The van der Waals surface area contributed by atoms with Crippen LogP contribution in [0.1, 0.15) is 49.1 Å². The average Bonchev–Trinajstić information content (AvgIpc) is 3.29. The van der Waals surface area contributed by atoms with Gasteiger partial charge in [-0.3, -0.25) is 14.5 Å². The predicted octanol–water partition coefficient (Wildman–Crippen LogP) is 2.94. The first kappa shape index (κ1) is 22.3. The first-order valence-electron chi connectivity index (χ1n) is 10.9. The number of aromatic nitrogens is 2. The Morgan fingerprint density at radius 2 is 1.97 bits per heavy atom. The van der Waals surface area contributed by atoms with Crippen molar-refractivity contribution in [1.82, 2.24) is 20.4 Å². The first-order chi connectivity index (χ1) is 15.5. The minimum absolute atomic E-state index is 0.105. The quantitative estimate of drug-likeness (QED) is 0.703. The molecule has 2 heterocycles. The molecule has 1 N–H and O–H groups in total. The number of carbonyl (C=O) groups excluding carboxylic acids is 2. The molecule has 0 radical (unpaired) electrons. The number of benzene rings is 1. The van der Waals surface area contributed by atoms with Crippen molar-refractivity contribution in [3.8, 4) is 11.5 Å². The van der Waals surface area contributed by atoms with E-state index in [1.54, 1.807) is 0 Å². The highest BCUT2D eigenvalue weighted by molar-refractivity contribution is 5.91. The van der Waals surface area contributed by atoms with Crippen LogP contribution in [0.15, 0.2) is 22.7 Å². The maximum atomic E-state index is 14.0. The highest BCUT2D eigenvalue weighted by Gasteiger charge is 2.39. The van der Waals surface area contributed by atoms with Gasteiger partial charge in [0, 0.05) is 31.2 Å². The molecule has 1 aromatic heterocycles. The number of hydrogen-bond donors (Lipinski definition) is 1. The SMILES string of the molecule is COC(=O)[C@@H]1CN(C2CCCCC2)CC[C@H]1NC(=O)c1noc(-c2ccc(F)cc2F)n1. The molecule has 2 aromatic rings. The second kappa shape index (κ2) is 9.72. The van der Waals surface area contributed by atoms with E-state index in [2.05, 4.69) is 20.4 Å². The Bertz CT molecular complexity index is 977. The van der Waals surface area contributed by atoms with Gasteiger partial charge in [0.15, 0.2) is 0 Å². The van der Waals surface area contributed by atoms with Gasteiger partial charge in [0.05, 0.1) is 18.6 Å². The number of piperidine rings is 1. The van der Waals surface area contributed by atoms with Crippen LogP contribution in [0.4, 0.5) is 8.78 Å². The van der Waals surface area contributed by atoms with E-state index in [0.29, 0.717) is 25.1 Å². The van der Waals surface area contributed by atoms with Gasteiger partial charge in [-0.05, 0) is 31.4 Å². The lowest BCUT2D eigenvalue weighted by atomic mass is 9.87. The molecule has 2 aliphatic rings. The number of amides is 1. The summed E-state index contributed by atoms with van der Waals surface area (Å²) in [7, 11) is 1.34. The number of hydrogen-bond acceptors (Lipinski definition) is 7. The number of rotatable bonds is 5. The summed E-state index contributed by atoms with van der Waals surface area (Å²) in [5.41, 5.74) is -0.105. The van der Waals surface area contributed by atoms with Gasteiger partial charge in [-0.25, -0.2) is 8.78 Å². The Morgan fingerprint density at radius 1 is 1.19 bits per heavy atom. The summed E-state index contributed by atoms with van der Waals surface area (Å²) in [6, 6.07) is 2.93. The predicted molar refractivity (Wildman–Crippen MR) is 109 cm³/mol. The molecule has 1 saturated heterocycles. The number of nitrogens with zero attached hydrogens (tertiary/aromatic N) is 3. The summed E-state index contributed by atoms with van der Waals surface area (Å²) in [4.78, 5) is 31.4. The van der Waals surface area contributed by atoms with E-state index in [9.17, 15) is 18.4 Å². The van der Waals surface area contributed by atoms with Gasteiger partial charge < -0.3 is 14.6 Å². The molecule has 1 aromatic carbocycles. The summed E-state index contributed by atoms with van der Waals surface area (Å²) in [5.74, 6) is -3.66. The molecule has 0 bridgehead atoms. The fraction of sp³-hybridized carbons (Fsp3) is 0.545. The van der Waals surface area contributed by atoms with Gasteiger partial charge in [-0.1, -0.05) is 24.4 Å². The Kier molecular flexibility index (Phi) is 6.78. The summed E-state index contributed by atoms with van der Waals surface area (Å²) >= 11 is 0. The topological polar surface area (TPSA) is 97.6 Å². The summed E-state index contributed by atoms with van der Waals surface area (Å²) < 4.78 is 37.1. The van der Waals surface area contributed by atoms with E-state index < -0.39 is 29.5 Å². The third kappa shape index (κ3) is 4.79. The lowest BCUT2D eigenvalue weighted by Crippen LogP contribution is -2.56. The Labute approximate surface area is 184 Å². The van der Waals surface area contributed by atoms with Gasteiger partial charge in [-0.2, -0.15) is 4.98 Å². The van der Waals surface area contributed by atoms with E-state index in [1.807, 2.05) is 0 Å². The van der Waals surface area contributed by atoms with Crippen LogP contribution in [0.5, 0.6) is 0 Å². The van der Waals surface area contributed by atoms with Crippen molar-refractivity contribution in [3.05, 3.63) is 35.7 Å². The third-order valence-corrected chi connectivity index (χ3v) is 6.35. The monoisotopic (exact) mass is 448 g/mol. The number of esters is 1. The zero-order valence-corrected chi connectivity index (χ0v) is 17.9. The zero-order valence-electron chi connectivity index (χ0n) is 17.9. The Hall–Kier alpha value is -2.88. The molecule has 32 heavy (non-hydrogen) atoms. The second-order valence-electron chi connectivity index (χ2n) is 8.33. The first-order valence-corrected chi connectivity index (χ1v) is 10.9. The molecule has 2 atom stereocenters. The normalized spacial score (nSPS) is 22.5. The number of ether oxygens (including phenoxy) is 1. The molecule has 0 spiro atoms. The lowest BCUT2D eigenvalue weighted by Gasteiger charge is -2.42. The van der Waals surface area contributed by atoms with Crippen LogP contribution in [-0.2, 0) is 9.53 Å². The standard InChI is InChI=1S/C22H26F2N4O4/c1-31-22(30)16-12-28(14-5-3-2-4-6-14)10-9-18(16)25-20(29)19-26-21(32-27-19)15-8-7-13(23)11-17(15)24/h7-8,11,14,16,18H,2-6,9-10,12H2,1H3,(H,25,29)/t16-,18-/m1/s1. The fourth-order valence-corrected chi connectivity index (χ4v) is 4.64. The molecule has 8 nitrogen and oxygen atoms in total. The maximum absolute atomic E-state index is 14.0. The van der Waals surface area contributed by atoms with Crippen molar-refractivity contribution in [2.75, 3.05) is 20.2 Å². The van der Waals surface area contributed by atoms with E-state index >= 15 is 0 Å². The highest BCUT2D eigenvalue weighted by atomic mass is 19.1. The summed E-state index contributed by atoms with van der Waals surface area (Å²) in [6.07, 6.45) is 6.46. The largest absolute Gasteiger partial charge is 0.469 e. The van der Waals surface area contributed by atoms with Crippen molar-refractivity contribution < 1.29 is 27.6 Å². The Morgan fingerprint density at radius 3 is 2.69 bits per heavy atom. The number of methoxy groups -OCH3 is 1. The molecule has 1 aliphatic heterocycles. The van der Waals surface area contributed by atoms with E-state index in [1.165, 1.54) is 26.4 Å². The van der Waals surface area contributed by atoms with Gasteiger partial charge in [0.25, 0.3) is 17.6 Å². The fourth-order valence-electron chi connectivity index (χ4n) is 4.64. The van der Waals surface area contributed by atoms with Crippen molar-refractivity contribution in [1.29, 1.82) is 0 Å². The third-order valence-electron chi connectivity index (χ3n) is 6.35. The summed E-state index contributed by atoms with van der Waals surface area (Å²) in [5, 5.41) is 6.42. The molecule has 2 fully saturated rings. The van der Waals surface area contributed by atoms with Crippen molar-refractivity contribution in [3.63, 3.8) is 0 Å². The van der Waals surface area contributed by atoms with Gasteiger partial charge in [0.1, 0.15) is 11.6 Å². The molecule has 0 unspecified atom stereocenters. The van der Waals surface area contributed by atoms with Crippen molar-refractivity contribution in [2.45, 2.75) is 50.6 Å². The number of likely N-dealkylation sites (tertiary alicyclic amines) is 1. The maximum Gasteiger partial charge on any atom is 0.312 e. The smallest absolute Gasteiger partial charge is 0.312 e. The van der Waals surface area contributed by atoms with Gasteiger partial charge in [-0.15, -0.1) is 0 Å². The van der Waals surface area contributed by atoms with Crippen molar-refractivity contribution in [2.24, 2.45) is 5.92 Å². The van der Waals surface area contributed by atoms with Crippen LogP contribution in [0.25, 0.3) is 11.5 Å². The van der Waals surface area contributed by atoms with Crippen LogP contribution >= 0.6 is 0 Å². The highest BCUT2D eigenvalue weighted by Crippen LogP contribution is 2.28. The Balaban J connectivity index is 1.44. The van der Waals surface area contributed by atoms with E-state index in [-0.39, 0.29) is 23.2 Å². The molecular weight excluding hydrogens is 422 g/mol. The lowest BCUT2D eigenvalue weighted by molar-refractivity contribution is -0.148. The van der Waals surface area contributed by atoms with Crippen LogP contribution in [-0.4, -0.2) is 59.2 Å². The number of nitrogens with one attached hydrogen (secondary N) is 1. The van der Waals surface area contributed by atoms with Crippen LogP contribution in [0.3, 0.4) is 0 Å². The molecule has 10 heteroatoms. The molecule has 172 valence electrons. The number of carbonyl (C=O) groups is 2. The molecular formula is C22H26F2N4O4. The molecule has 1 aliphatic carbocycles. The second-order valence-corrected chi connectivity index (χ2v) is 8.33. The van der Waals surface area contributed by atoms with Crippen LogP contribution in [0.2, 0.25) is 0 Å². The van der Waals surface area contributed by atoms with E-state index in [0.717, 1.165) is 31.5 Å². The number of halogens is 2. The van der Waals surface area contributed by atoms with Crippen LogP contribution < -0.4 is 5.32 Å². The zero-order chi connectivity index (χ0) is 22.7. The summed E-state index contributed by atoms with van der Waals surface area (Å²) in [6.45, 7) is 1.28. The molecule has 1 amide bonds.